The average Bonchev–Trinajstić information content (AvgIpc) is 2.74. The van der Waals surface area contributed by atoms with Crippen molar-refractivity contribution in [1.29, 1.82) is 0 Å². The van der Waals surface area contributed by atoms with Gasteiger partial charge in [-0.05, 0) is 26.8 Å². The van der Waals surface area contributed by atoms with Crippen molar-refractivity contribution in [3.8, 4) is 0 Å². The lowest BCUT2D eigenvalue weighted by Gasteiger charge is -2.23. The van der Waals surface area contributed by atoms with Crippen molar-refractivity contribution in [3.63, 3.8) is 0 Å². The maximum absolute atomic E-state index is 12.8. The van der Waals surface area contributed by atoms with E-state index in [0.29, 0.717) is 13.2 Å². The monoisotopic (exact) mass is 296 g/mol. The first kappa shape index (κ1) is 15.3. The molecule has 2 aromatic rings. The number of fused-ring (bicyclic) bond motifs is 1. The van der Waals surface area contributed by atoms with E-state index >= 15 is 0 Å². The topological polar surface area (TPSA) is 77.3 Å². The van der Waals surface area contributed by atoms with Crippen molar-refractivity contribution >= 4 is 18.5 Å². The molecule has 1 heterocycles. The molecule has 0 bridgehead atoms. The minimum atomic E-state index is -3.37. The maximum Gasteiger partial charge on any atom is 0.351 e. The Labute approximate surface area is 119 Å². The van der Waals surface area contributed by atoms with Crippen LogP contribution in [0.2, 0.25) is 0 Å². The third-order valence-electron chi connectivity index (χ3n) is 3.20. The molecule has 0 radical (unpaired) electrons. The van der Waals surface area contributed by atoms with Gasteiger partial charge in [-0.3, -0.25) is 4.57 Å². The molecule has 0 saturated heterocycles. The van der Waals surface area contributed by atoms with Crippen molar-refractivity contribution in [2.45, 2.75) is 26.6 Å². The van der Waals surface area contributed by atoms with Crippen LogP contribution in [0.5, 0.6) is 0 Å². The van der Waals surface area contributed by atoms with E-state index in [9.17, 15) is 4.57 Å². The van der Waals surface area contributed by atoms with Gasteiger partial charge in [-0.25, -0.2) is 0 Å². The number of hydrogen-bond donors (Lipinski definition) is 2. The van der Waals surface area contributed by atoms with Gasteiger partial charge in [0.1, 0.15) is 5.78 Å². The second kappa shape index (κ2) is 6.10. The Hall–Kier alpha value is -1.13. The molecule has 3 N–H and O–H groups in total. The third-order valence-corrected chi connectivity index (χ3v) is 5.37. The molecule has 0 saturated carbocycles. The van der Waals surface area contributed by atoms with Crippen LogP contribution in [0.25, 0.3) is 10.9 Å². The van der Waals surface area contributed by atoms with Crippen molar-refractivity contribution in [3.05, 3.63) is 35.5 Å². The lowest BCUT2D eigenvalue weighted by Crippen LogP contribution is -2.15. The molecule has 0 amide bonds. The molecule has 5 nitrogen and oxygen atoms in total. The Bertz CT molecular complexity index is 628. The van der Waals surface area contributed by atoms with Crippen LogP contribution < -0.4 is 5.73 Å². The maximum atomic E-state index is 12.8. The number of rotatable bonds is 6. The van der Waals surface area contributed by atoms with Crippen LogP contribution in [0.15, 0.2) is 24.3 Å². The summed E-state index contributed by atoms with van der Waals surface area (Å²) in [5.41, 5.74) is 8.88. The second-order valence-corrected chi connectivity index (χ2v) is 6.68. The first-order valence-electron chi connectivity index (χ1n) is 6.75. The largest absolute Gasteiger partial charge is 0.358 e. The number of aromatic amines is 1. The van der Waals surface area contributed by atoms with Gasteiger partial charge in [-0.1, -0.05) is 18.2 Å². The minimum absolute atomic E-state index is 0.298. The summed E-state index contributed by atoms with van der Waals surface area (Å²) in [4.78, 5) is 3.25. The summed E-state index contributed by atoms with van der Waals surface area (Å²) in [6.45, 7) is 6.07. The van der Waals surface area contributed by atoms with Crippen LogP contribution in [0.3, 0.4) is 0 Å². The first-order valence-corrected chi connectivity index (χ1v) is 8.36. The molecule has 110 valence electrons. The number of aryl methyl sites for hydroxylation is 1. The van der Waals surface area contributed by atoms with Crippen LogP contribution in [0.4, 0.5) is 0 Å². The molecular formula is C14H21N2O3P. The molecule has 0 fully saturated rings. The van der Waals surface area contributed by atoms with E-state index in [-0.39, 0.29) is 0 Å². The van der Waals surface area contributed by atoms with Gasteiger partial charge < -0.3 is 19.8 Å². The zero-order chi connectivity index (χ0) is 14.8. The SMILES string of the molecule is CCOP(=O)(OCC)[C@@H](N)c1c(C)[nH]c2ccccc12. The van der Waals surface area contributed by atoms with Crippen molar-refractivity contribution < 1.29 is 13.6 Å². The minimum Gasteiger partial charge on any atom is -0.358 e. The van der Waals surface area contributed by atoms with Gasteiger partial charge in [0, 0.05) is 22.2 Å². The Morgan fingerprint density at radius 2 is 1.85 bits per heavy atom. The number of para-hydroxylation sites is 1. The van der Waals surface area contributed by atoms with Crippen LogP contribution >= 0.6 is 7.60 Å². The highest BCUT2D eigenvalue weighted by Crippen LogP contribution is 2.59. The molecule has 0 aliphatic carbocycles. The summed E-state index contributed by atoms with van der Waals surface area (Å²) in [5.74, 6) is -0.793. The van der Waals surface area contributed by atoms with Crippen LogP contribution in [-0.4, -0.2) is 18.2 Å². The number of benzene rings is 1. The Morgan fingerprint density at radius 1 is 1.25 bits per heavy atom. The number of nitrogens with one attached hydrogen (secondary N) is 1. The molecular weight excluding hydrogens is 275 g/mol. The fourth-order valence-electron chi connectivity index (χ4n) is 2.40. The summed E-state index contributed by atoms with van der Waals surface area (Å²) in [5, 5.41) is 0.956. The molecule has 20 heavy (non-hydrogen) atoms. The predicted octanol–water partition coefficient (Wildman–Crippen LogP) is 3.70. The Kier molecular flexibility index (Phi) is 4.66. The van der Waals surface area contributed by atoms with E-state index in [1.54, 1.807) is 13.8 Å². The highest BCUT2D eigenvalue weighted by molar-refractivity contribution is 7.54. The molecule has 1 aromatic carbocycles. The van der Waals surface area contributed by atoms with Gasteiger partial charge in [0.25, 0.3) is 0 Å². The smallest absolute Gasteiger partial charge is 0.351 e. The zero-order valence-electron chi connectivity index (χ0n) is 12.1. The lowest BCUT2D eigenvalue weighted by molar-refractivity contribution is 0.212. The third kappa shape index (κ3) is 2.67. The molecule has 1 aromatic heterocycles. The van der Waals surface area contributed by atoms with Gasteiger partial charge in [-0.2, -0.15) is 0 Å². The summed E-state index contributed by atoms with van der Waals surface area (Å²) in [6.07, 6.45) is 0. The van der Waals surface area contributed by atoms with E-state index in [0.717, 1.165) is 22.2 Å². The van der Waals surface area contributed by atoms with E-state index in [2.05, 4.69) is 4.98 Å². The van der Waals surface area contributed by atoms with Crippen molar-refractivity contribution in [2.24, 2.45) is 5.73 Å². The summed E-state index contributed by atoms with van der Waals surface area (Å²) in [6, 6.07) is 7.79. The van der Waals surface area contributed by atoms with E-state index in [1.807, 2.05) is 31.2 Å². The molecule has 6 heteroatoms. The van der Waals surface area contributed by atoms with Gasteiger partial charge in [0.2, 0.25) is 0 Å². The predicted molar refractivity (Wildman–Crippen MR) is 80.8 cm³/mol. The standard InChI is InChI=1S/C14H21N2O3P/c1-4-18-20(17,19-5-2)14(15)13-10(3)16-12-9-7-6-8-11(12)13/h6-9,14,16H,4-5,15H2,1-3H3/t14-/m1/s1. The van der Waals surface area contributed by atoms with Crippen LogP contribution in [-0.2, 0) is 13.6 Å². The number of nitrogens with two attached hydrogens (primary N) is 1. The van der Waals surface area contributed by atoms with Crippen LogP contribution in [0.1, 0.15) is 30.9 Å². The van der Waals surface area contributed by atoms with E-state index in [1.165, 1.54) is 0 Å². The number of aromatic nitrogens is 1. The molecule has 0 aliphatic heterocycles. The van der Waals surface area contributed by atoms with Gasteiger partial charge in [-0.15, -0.1) is 0 Å². The molecule has 1 atom stereocenters. The van der Waals surface area contributed by atoms with E-state index in [4.69, 9.17) is 14.8 Å². The molecule has 0 aliphatic rings. The van der Waals surface area contributed by atoms with Gasteiger partial charge in [0.05, 0.1) is 13.2 Å². The van der Waals surface area contributed by atoms with Crippen molar-refractivity contribution in [1.82, 2.24) is 4.98 Å². The number of hydrogen-bond acceptors (Lipinski definition) is 4. The zero-order valence-corrected chi connectivity index (χ0v) is 12.9. The van der Waals surface area contributed by atoms with E-state index < -0.39 is 13.4 Å². The molecule has 0 unspecified atom stereocenters. The number of H-pyrrole nitrogens is 1. The first-order chi connectivity index (χ1) is 9.53. The van der Waals surface area contributed by atoms with Gasteiger partial charge in [0.15, 0.2) is 0 Å². The Balaban J connectivity index is 2.51. The van der Waals surface area contributed by atoms with Gasteiger partial charge >= 0.3 is 7.60 Å². The highest BCUT2D eigenvalue weighted by atomic mass is 31.2. The quantitative estimate of drug-likeness (QED) is 0.797. The lowest BCUT2D eigenvalue weighted by atomic mass is 10.1. The fourth-order valence-corrected chi connectivity index (χ4v) is 4.16. The average molecular weight is 296 g/mol. The summed E-state index contributed by atoms with van der Waals surface area (Å²) < 4.78 is 23.5. The molecule has 0 spiro atoms. The second-order valence-electron chi connectivity index (χ2n) is 4.53. The fraction of sp³-hybridized carbons (Fsp3) is 0.429. The highest BCUT2D eigenvalue weighted by Gasteiger charge is 2.36. The summed E-state index contributed by atoms with van der Waals surface area (Å²) in [7, 11) is -3.37. The Morgan fingerprint density at radius 3 is 2.45 bits per heavy atom. The normalized spacial score (nSPS) is 13.8. The van der Waals surface area contributed by atoms with Crippen molar-refractivity contribution in [2.75, 3.05) is 13.2 Å². The van der Waals surface area contributed by atoms with Crippen LogP contribution in [0, 0.1) is 6.92 Å². The molecule has 2 rings (SSSR count). The summed E-state index contributed by atoms with van der Waals surface area (Å²) >= 11 is 0.